The molecule has 0 amide bonds. The Morgan fingerprint density at radius 3 is 2.33 bits per heavy atom. The molecule has 0 radical (unpaired) electrons. The molecule has 118 valence electrons. The van der Waals surface area contributed by atoms with Gasteiger partial charge in [0.2, 0.25) is 0 Å². The highest BCUT2D eigenvalue weighted by molar-refractivity contribution is 9.10. The Kier molecular flexibility index (Phi) is 5.90. The van der Waals surface area contributed by atoms with E-state index in [0.717, 1.165) is 10.4 Å². The minimum atomic E-state index is 0.439. The SMILES string of the molecule is CC(NC1CCCC(C(C)(C)C)CC1)c1ccc(Br)cc1. The fourth-order valence-electron chi connectivity index (χ4n) is 3.54. The Hall–Kier alpha value is -0.340. The van der Waals surface area contributed by atoms with Gasteiger partial charge in [-0.3, -0.25) is 0 Å². The van der Waals surface area contributed by atoms with E-state index in [2.05, 4.69) is 73.2 Å². The molecule has 3 atom stereocenters. The lowest BCUT2D eigenvalue weighted by Crippen LogP contribution is -2.31. The number of nitrogens with one attached hydrogen (secondary N) is 1. The highest BCUT2D eigenvalue weighted by atomic mass is 79.9. The molecule has 1 nitrogen and oxygen atoms in total. The molecule has 1 N–H and O–H groups in total. The monoisotopic (exact) mass is 351 g/mol. The van der Waals surface area contributed by atoms with E-state index in [4.69, 9.17) is 0 Å². The number of halogens is 1. The third kappa shape index (κ3) is 5.10. The average molecular weight is 352 g/mol. The summed E-state index contributed by atoms with van der Waals surface area (Å²) in [5.41, 5.74) is 1.85. The highest BCUT2D eigenvalue weighted by Crippen LogP contribution is 2.37. The molecular formula is C19H30BrN. The lowest BCUT2D eigenvalue weighted by atomic mass is 9.76. The molecule has 21 heavy (non-hydrogen) atoms. The lowest BCUT2D eigenvalue weighted by molar-refractivity contribution is 0.213. The molecule has 0 spiro atoms. The smallest absolute Gasteiger partial charge is 0.0294 e. The van der Waals surface area contributed by atoms with Crippen molar-refractivity contribution >= 4 is 15.9 Å². The maximum absolute atomic E-state index is 3.85. The number of benzene rings is 1. The molecule has 1 fully saturated rings. The van der Waals surface area contributed by atoms with Crippen molar-refractivity contribution in [2.24, 2.45) is 11.3 Å². The molecule has 1 aliphatic carbocycles. The van der Waals surface area contributed by atoms with Crippen molar-refractivity contribution in [2.45, 2.75) is 71.9 Å². The second kappa shape index (κ2) is 7.28. The summed E-state index contributed by atoms with van der Waals surface area (Å²) in [5, 5.41) is 3.85. The summed E-state index contributed by atoms with van der Waals surface area (Å²) in [6.07, 6.45) is 6.78. The van der Waals surface area contributed by atoms with Crippen LogP contribution in [0, 0.1) is 11.3 Å². The van der Waals surface area contributed by atoms with E-state index in [9.17, 15) is 0 Å². The van der Waals surface area contributed by atoms with Crippen molar-refractivity contribution in [3.05, 3.63) is 34.3 Å². The molecule has 3 unspecified atom stereocenters. The second-order valence-electron chi connectivity index (χ2n) is 7.71. The summed E-state index contributed by atoms with van der Waals surface area (Å²) >= 11 is 3.51. The molecule has 2 rings (SSSR count). The largest absolute Gasteiger partial charge is 0.307 e. The molecule has 1 aliphatic rings. The highest BCUT2D eigenvalue weighted by Gasteiger charge is 2.28. The first-order valence-electron chi connectivity index (χ1n) is 8.38. The fourth-order valence-corrected chi connectivity index (χ4v) is 3.80. The van der Waals surface area contributed by atoms with Gasteiger partial charge in [0.15, 0.2) is 0 Å². The average Bonchev–Trinajstić information content (AvgIpc) is 2.64. The third-order valence-electron chi connectivity index (χ3n) is 5.05. The predicted molar refractivity (Wildman–Crippen MR) is 95.5 cm³/mol. The van der Waals surface area contributed by atoms with Crippen molar-refractivity contribution in [1.82, 2.24) is 5.32 Å². The summed E-state index contributed by atoms with van der Waals surface area (Å²) in [6, 6.07) is 9.82. The van der Waals surface area contributed by atoms with Crippen LogP contribution in [0.25, 0.3) is 0 Å². The summed E-state index contributed by atoms with van der Waals surface area (Å²) in [4.78, 5) is 0. The molecule has 0 bridgehead atoms. The Morgan fingerprint density at radius 2 is 1.71 bits per heavy atom. The first-order valence-corrected chi connectivity index (χ1v) is 9.17. The molecule has 0 saturated heterocycles. The van der Waals surface area contributed by atoms with Gasteiger partial charge in [-0.25, -0.2) is 0 Å². The van der Waals surface area contributed by atoms with Crippen molar-refractivity contribution in [2.75, 3.05) is 0 Å². The zero-order valence-corrected chi connectivity index (χ0v) is 15.5. The van der Waals surface area contributed by atoms with E-state index in [1.165, 1.54) is 37.7 Å². The van der Waals surface area contributed by atoms with Gasteiger partial charge in [0.05, 0.1) is 0 Å². The molecule has 1 aromatic carbocycles. The van der Waals surface area contributed by atoms with E-state index in [1.807, 2.05) is 0 Å². The number of rotatable bonds is 3. The van der Waals surface area contributed by atoms with Gasteiger partial charge in [0.1, 0.15) is 0 Å². The van der Waals surface area contributed by atoms with E-state index in [0.29, 0.717) is 17.5 Å². The standard InChI is InChI=1S/C19H30BrN/c1-14(15-8-11-17(20)12-9-15)21-18-7-5-6-16(10-13-18)19(2,3)4/h8-9,11-12,14,16,18,21H,5-7,10,13H2,1-4H3. The third-order valence-corrected chi connectivity index (χ3v) is 5.58. The van der Waals surface area contributed by atoms with E-state index >= 15 is 0 Å². The van der Waals surface area contributed by atoms with Gasteiger partial charge in [0, 0.05) is 16.6 Å². The predicted octanol–water partition coefficient (Wildman–Crippen LogP) is 6.09. The fraction of sp³-hybridized carbons (Fsp3) is 0.684. The van der Waals surface area contributed by atoms with Crippen LogP contribution in [-0.2, 0) is 0 Å². The lowest BCUT2D eigenvalue weighted by Gasteiger charge is -2.30. The first-order chi connectivity index (χ1) is 9.86. The quantitative estimate of drug-likeness (QED) is 0.649. The normalized spacial score (nSPS) is 25.4. The number of hydrogen-bond acceptors (Lipinski definition) is 1. The molecule has 2 heteroatoms. The molecular weight excluding hydrogens is 322 g/mol. The summed E-state index contributed by atoms with van der Waals surface area (Å²) in [6.45, 7) is 9.48. The van der Waals surface area contributed by atoms with Crippen LogP contribution in [-0.4, -0.2) is 6.04 Å². The van der Waals surface area contributed by atoms with Crippen LogP contribution in [0.15, 0.2) is 28.7 Å². The van der Waals surface area contributed by atoms with Gasteiger partial charge in [-0.05, 0) is 61.6 Å². The van der Waals surface area contributed by atoms with E-state index in [1.54, 1.807) is 0 Å². The Labute approximate surface area is 139 Å². The Balaban J connectivity index is 1.90. The summed E-state index contributed by atoms with van der Waals surface area (Å²) in [7, 11) is 0. The van der Waals surface area contributed by atoms with Crippen LogP contribution in [0.3, 0.4) is 0 Å². The first kappa shape index (κ1) is 17.0. The molecule has 0 aromatic heterocycles. The van der Waals surface area contributed by atoms with Gasteiger partial charge in [-0.15, -0.1) is 0 Å². The Morgan fingerprint density at radius 1 is 1.05 bits per heavy atom. The van der Waals surface area contributed by atoms with Crippen LogP contribution in [0.1, 0.15) is 71.4 Å². The van der Waals surface area contributed by atoms with Crippen LogP contribution in [0.4, 0.5) is 0 Å². The van der Waals surface area contributed by atoms with Gasteiger partial charge < -0.3 is 5.32 Å². The van der Waals surface area contributed by atoms with Crippen molar-refractivity contribution < 1.29 is 0 Å². The molecule has 0 aliphatic heterocycles. The topological polar surface area (TPSA) is 12.0 Å². The zero-order valence-electron chi connectivity index (χ0n) is 14.0. The molecule has 0 heterocycles. The Bertz CT molecular complexity index is 432. The minimum absolute atomic E-state index is 0.439. The molecule has 1 aromatic rings. The van der Waals surface area contributed by atoms with Gasteiger partial charge in [-0.1, -0.05) is 55.3 Å². The van der Waals surface area contributed by atoms with Crippen LogP contribution < -0.4 is 5.32 Å². The number of hydrogen-bond donors (Lipinski definition) is 1. The minimum Gasteiger partial charge on any atom is -0.307 e. The summed E-state index contributed by atoms with van der Waals surface area (Å²) in [5.74, 6) is 0.882. The summed E-state index contributed by atoms with van der Waals surface area (Å²) < 4.78 is 1.15. The van der Waals surface area contributed by atoms with Crippen molar-refractivity contribution in [3.63, 3.8) is 0 Å². The van der Waals surface area contributed by atoms with Crippen LogP contribution >= 0.6 is 15.9 Å². The van der Waals surface area contributed by atoms with E-state index in [-0.39, 0.29) is 0 Å². The maximum Gasteiger partial charge on any atom is 0.0294 e. The van der Waals surface area contributed by atoms with Crippen LogP contribution in [0.2, 0.25) is 0 Å². The zero-order chi connectivity index (χ0) is 15.5. The van der Waals surface area contributed by atoms with E-state index < -0.39 is 0 Å². The van der Waals surface area contributed by atoms with Crippen LogP contribution in [0.5, 0.6) is 0 Å². The van der Waals surface area contributed by atoms with Gasteiger partial charge >= 0.3 is 0 Å². The van der Waals surface area contributed by atoms with Gasteiger partial charge in [-0.2, -0.15) is 0 Å². The van der Waals surface area contributed by atoms with Crippen molar-refractivity contribution in [1.29, 1.82) is 0 Å². The maximum atomic E-state index is 3.85. The van der Waals surface area contributed by atoms with Gasteiger partial charge in [0.25, 0.3) is 0 Å². The second-order valence-corrected chi connectivity index (χ2v) is 8.62. The van der Waals surface area contributed by atoms with Crippen molar-refractivity contribution in [3.8, 4) is 0 Å². The molecule has 1 saturated carbocycles.